The van der Waals surface area contributed by atoms with Gasteiger partial charge in [-0.05, 0) is 69.6 Å². The number of methoxy groups -OCH3 is 1. The Bertz CT molecular complexity index is 1280. The van der Waals surface area contributed by atoms with E-state index in [1.54, 1.807) is 13.3 Å². The summed E-state index contributed by atoms with van der Waals surface area (Å²) in [6.07, 6.45) is 1.79. The van der Waals surface area contributed by atoms with Crippen LogP contribution in [0.4, 0.5) is 0 Å². The number of hydrazone groups is 1. The van der Waals surface area contributed by atoms with Crippen molar-refractivity contribution in [3.63, 3.8) is 0 Å². The van der Waals surface area contributed by atoms with Gasteiger partial charge in [-0.15, -0.1) is 0 Å². The molecule has 1 N–H and O–H groups in total. The van der Waals surface area contributed by atoms with Crippen molar-refractivity contribution in [1.29, 1.82) is 0 Å². The zero-order valence-corrected chi connectivity index (χ0v) is 21.4. The van der Waals surface area contributed by atoms with Gasteiger partial charge in [0.05, 0.1) is 30.0 Å². The molecule has 4 aromatic rings. The molecule has 0 aliphatic heterocycles. The second kappa shape index (κ2) is 11.7. The highest BCUT2D eigenvalue weighted by molar-refractivity contribution is 14.1. The molecule has 0 heterocycles. The predicted octanol–water partition coefficient (Wildman–Crippen LogP) is 6.55. The van der Waals surface area contributed by atoms with Crippen LogP contribution in [0, 0.1) is 3.57 Å². The number of ether oxygens (including phenoxy) is 3. The molecule has 4 aromatic carbocycles. The molecular formula is C28H27IN2O3. The fourth-order valence-corrected chi connectivity index (χ4v) is 4.51. The summed E-state index contributed by atoms with van der Waals surface area (Å²) in [6.45, 7) is 3.55. The summed E-state index contributed by atoms with van der Waals surface area (Å²) < 4.78 is 18.5. The Morgan fingerprint density at radius 2 is 1.65 bits per heavy atom. The fourth-order valence-electron chi connectivity index (χ4n) is 3.73. The summed E-state index contributed by atoms with van der Waals surface area (Å²) in [7, 11) is 1.67. The second-order valence-corrected chi connectivity index (χ2v) is 8.76. The highest BCUT2D eigenvalue weighted by Crippen LogP contribution is 2.35. The lowest BCUT2D eigenvalue weighted by molar-refractivity contribution is 0.268. The quantitative estimate of drug-likeness (QED) is 0.134. The van der Waals surface area contributed by atoms with Crippen molar-refractivity contribution >= 4 is 39.6 Å². The monoisotopic (exact) mass is 566 g/mol. The molecule has 0 radical (unpaired) electrons. The Morgan fingerprint density at radius 3 is 2.50 bits per heavy atom. The highest BCUT2D eigenvalue weighted by atomic mass is 127. The number of benzene rings is 4. The van der Waals surface area contributed by atoms with E-state index in [9.17, 15) is 0 Å². The van der Waals surface area contributed by atoms with Crippen LogP contribution in [0.3, 0.4) is 0 Å². The molecule has 4 rings (SSSR count). The molecule has 6 heteroatoms. The number of hydrogen-bond donors (Lipinski definition) is 1. The van der Waals surface area contributed by atoms with E-state index < -0.39 is 0 Å². The molecule has 174 valence electrons. The van der Waals surface area contributed by atoms with Gasteiger partial charge in [-0.3, -0.25) is 0 Å². The van der Waals surface area contributed by atoms with Gasteiger partial charge in [0.2, 0.25) is 0 Å². The number of fused-ring (bicyclic) bond motifs is 1. The van der Waals surface area contributed by atoms with Crippen LogP contribution in [0.1, 0.15) is 23.6 Å². The molecule has 0 spiro atoms. The largest absolute Gasteiger partial charge is 0.496 e. The highest BCUT2D eigenvalue weighted by Gasteiger charge is 2.13. The summed E-state index contributed by atoms with van der Waals surface area (Å²) in [5.41, 5.74) is 6.20. The smallest absolute Gasteiger partial charge is 0.175 e. The standard InChI is InChI=1S/C28H27IN2O3/c1-3-33-27-16-20(17-30-31-18-22-10-5-7-14-26(22)32-2)15-25(29)28(27)34-19-23-12-8-11-21-9-4-6-13-24(21)23/h4-17,31H,3,18-19H2,1-2H3/b30-17+. The van der Waals surface area contributed by atoms with Crippen LogP contribution in [0.15, 0.2) is 84.0 Å². The zero-order chi connectivity index (χ0) is 23.8. The van der Waals surface area contributed by atoms with Crippen molar-refractivity contribution in [3.05, 3.63) is 99.1 Å². The normalized spacial score (nSPS) is 11.0. The lowest BCUT2D eigenvalue weighted by Crippen LogP contribution is -2.07. The summed E-state index contributed by atoms with van der Waals surface area (Å²) >= 11 is 2.29. The molecule has 34 heavy (non-hydrogen) atoms. The lowest BCUT2D eigenvalue weighted by atomic mass is 10.1. The van der Waals surface area contributed by atoms with Gasteiger partial charge < -0.3 is 19.6 Å². The van der Waals surface area contributed by atoms with Gasteiger partial charge >= 0.3 is 0 Å². The summed E-state index contributed by atoms with van der Waals surface area (Å²) in [5.74, 6) is 2.29. The predicted molar refractivity (Wildman–Crippen MR) is 146 cm³/mol. The van der Waals surface area contributed by atoms with Gasteiger partial charge in [0.25, 0.3) is 0 Å². The number of para-hydroxylation sites is 1. The summed E-state index contributed by atoms with van der Waals surface area (Å²) in [4.78, 5) is 0. The average Bonchev–Trinajstić information content (AvgIpc) is 2.86. The topological polar surface area (TPSA) is 52.1 Å². The first-order valence-electron chi connectivity index (χ1n) is 11.1. The van der Waals surface area contributed by atoms with E-state index in [0.717, 1.165) is 31.8 Å². The molecule has 0 fully saturated rings. The van der Waals surface area contributed by atoms with Crippen LogP contribution in [-0.2, 0) is 13.2 Å². The van der Waals surface area contributed by atoms with E-state index in [4.69, 9.17) is 14.2 Å². The molecule has 0 aliphatic carbocycles. The van der Waals surface area contributed by atoms with E-state index in [1.165, 1.54) is 10.8 Å². The third kappa shape index (κ3) is 5.80. The van der Waals surface area contributed by atoms with Gasteiger partial charge in [-0.25, -0.2) is 0 Å². The molecule has 5 nitrogen and oxygen atoms in total. The second-order valence-electron chi connectivity index (χ2n) is 7.59. The molecule has 0 saturated heterocycles. The summed E-state index contributed by atoms with van der Waals surface area (Å²) in [5, 5.41) is 6.78. The van der Waals surface area contributed by atoms with Crippen molar-refractivity contribution in [2.24, 2.45) is 5.10 Å². The van der Waals surface area contributed by atoms with Gasteiger partial charge in [0.15, 0.2) is 11.5 Å². The van der Waals surface area contributed by atoms with Gasteiger partial charge in [0, 0.05) is 5.56 Å². The van der Waals surface area contributed by atoms with Crippen molar-refractivity contribution in [2.45, 2.75) is 20.1 Å². The van der Waals surface area contributed by atoms with Gasteiger partial charge in [-0.2, -0.15) is 5.10 Å². The van der Waals surface area contributed by atoms with Gasteiger partial charge in [0.1, 0.15) is 12.4 Å². The SMILES string of the molecule is CCOc1cc(/C=N/NCc2ccccc2OC)cc(I)c1OCc1cccc2ccccc12. The third-order valence-electron chi connectivity index (χ3n) is 5.35. The first kappa shape index (κ1) is 23.9. The maximum atomic E-state index is 6.27. The average molecular weight is 566 g/mol. The minimum Gasteiger partial charge on any atom is -0.496 e. The first-order valence-corrected chi connectivity index (χ1v) is 12.2. The third-order valence-corrected chi connectivity index (χ3v) is 6.15. The van der Waals surface area contributed by atoms with E-state index in [2.05, 4.69) is 75.6 Å². The van der Waals surface area contributed by atoms with Crippen molar-refractivity contribution in [2.75, 3.05) is 13.7 Å². The molecule has 0 aliphatic rings. The Hall–Kier alpha value is -3.26. The Morgan fingerprint density at radius 1 is 0.882 bits per heavy atom. The minimum atomic E-state index is 0.464. The summed E-state index contributed by atoms with van der Waals surface area (Å²) in [6, 6.07) is 26.5. The molecule has 0 unspecified atom stereocenters. The molecule has 0 saturated carbocycles. The molecule has 0 aromatic heterocycles. The Balaban J connectivity index is 1.48. The van der Waals surface area contributed by atoms with Crippen LogP contribution in [0.25, 0.3) is 10.8 Å². The zero-order valence-electron chi connectivity index (χ0n) is 19.3. The molecule has 0 atom stereocenters. The number of nitrogens with one attached hydrogen (secondary N) is 1. The maximum Gasteiger partial charge on any atom is 0.175 e. The van der Waals surface area contributed by atoms with Crippen molar-refractivity contribution < 1.29 is 14.2 Å². The van der Waals surface area contributed by atoms with Crippen LogP contribution < -0.4 is 19.6 Å². The first-order chi connectivity index (χ1) is 16.7. The Labute approximate surface area is 213 Å². The van der Waals surface area contributed by atoms with Crippen molar-refractivity contribution in [3.8, 4) is 17.2 Å². The van der Waals surface area contributed by atoms with E-state index >= 15 is 0 Å². The molecule has 0 amide bonds. The molecular weight excluding hydrogens is 539 g/mol. The van der Waals surface area contributed by atoms with E-state index in [1.807, 2.05) is 43.3 Å². The number of hydrogen-bond acceptors (Lipinski definition) is 5. The van der Waals surface area contributed by atoms with Gasteiger partial charge in [-0.1, -0.05) is 60.7 Å². The van der Waals surface area contributed by atoms with Crippen LogP contribution in [-0.4, -0.2) is 19.9 Å². The van der Waals surface area contributed by atoms with Crippen LogP contribution in [0.2, 0.25) is 0 Å². The fraction of sp³-hybridized carbons (Fsp3) is 0.179. The maximum absolute atomic E-state index is 6.27. The van der Waals surface area contributed by atoms with Crippen LogP contribution >= 0.6 is 22.6 Å². The van der Waals surface area contributed by atoms with E-state index in [0.29, 0.717) is 25.5 Å². The molecule has 0 bridgehead atoms. The minimum absolute atomic E-state index is 0.464. The lowest BCUT2D eigenvalue weighted by Gasteiger charge is -2.15. The van der Waals surface area contributed by atoms with Crippen molar-refractivity contribution in [1.82, 2.24) is 5.43 Å². The number of halogens is 1. The van der Waals surface area contributed by atoms with Crippen LogP contribution in [0.5, 0.6) is 17.2 Å². The van der Waals surface area contributed by atoms with E-state index in [-0.39, 0.29) is 0 Å². The Kier molecular flexibility index (Phi) is 8.25. The number of rotatable bonds is 10. The number of nitrogens with zero attached hydrogens (tertiary/aromatic N) is 1.